The molecule has 0 radical (unpaired) electrons. The lowest BCUT2D eigenvalue weighted by atomic mass is 9.91. The average molecular weight is 554 g/mol. The molecular weight excluding hydrogens is 490 g/mol. The molecular formula is C33H63NO5. The third kappa shape index (κ3) is 25.3. The Labute approximate surface area is 240 Å². The summed E-state index contributed by atoms with van der Waals surface area (Å²) < 4.78 is 0. The van der Waals surface area contributed by atoms with Gasteiger partial charge in [-0.15, -0.1) is 0 Å². The molecule has 0 fully saturated rings. The largest absolute Gasteiger partial charge is 0.478 e. The number of aliphatic carboxylic acids is 1. The lowest BCUT2D eigenvalue weighted by molar-refractivity contribution is -0.132. The molecule has 1 amide bonds. The van der Waals surface area contributed by atoms with Crippen molar-refractivity contribution in [2.75, 3.05) is 6.61 Å². The van der Waals surface area contributed by atoms with Gasteiger partial charge in [0.15, 0.2) is 0 Å². The Balaban J connectivity index is 3.81. The fourth-order valence-corrected chi connectivity index (χ4v) is 5.18. The van der Waals surface area contributed by atoms with Gasteiger partial charge in [0.25, 0.3) is 0 Å². The molecule has 0 saturated heterocycles. The van der Waals surface area contributed by atoms with Gasteiger partial charge in [0, 0.05) is 12.0 Å². The summed E-state index contributed by atoms with van der Waals surface area (Å²) in [5, 5.41) is 30.0. The number of carboxylic acid groups (broad SMARTS) is 1. The summed E-state index contributed by atoms with van der Waals surface area (Å²) in [6.07, 6.45) is 29.6. The first-order valence-corrected chi connectivity index (χ1v) is 16.4. The second kappa shape index (κ2) is 26.8. The molecule has 0 heterocycles. The quantitative estimate of drug-likeness (QED) is 0.0526. The van der Waals surface area contributed by atoms with Crippen LogP contribution >= 0.6 is 0 Å². The van der Waals surface area contributed by atoms with Gasteiger partial charge in [0.2, 0.25) is 5.91 Å². The summed E-state index contributed by atoms with van der Waals surface area (Å²) in [5.41, 5.74) is 4.16. The van der Waals surface area contributed by atoms with Crippen LogP contribution in [0.15, 0.2) is 11.6 Å². The molecule has 0 aliphatic carbocycles. The van der Waals surface area contributed by atoms with E-state index in [2.05, 4.69) is 6.92 Å². The maximum absolute atomic E-state index is 11.6. The highest BCUT2D eigenvalue weighted by molar-refractivity contribution is 5.86. The minimum absolute atomic E-state index is 0.158. The van der Waals surface area contributed by atoms with Gasteiger partial charge in [-0.3, -0.25) is 4.79 Å². The summed E-state index contributed by atoms with van der Waals surface area (Å²) in [7, 11) is 0. The third-order valence-corrected chi connectivity index (χ3v) is 7.91. The number of aliphatic hydroxyl groups excluding tert-OH is 1. The fraction of sp³-hybridized carbons (Fsp3) is 0.879. The zero-order valence-corrected chi connectivity index (χ0v) is 25.4. The molecule has 39 heavy (non-hydrogen) atoms. The number of carbonyl (C=O) groups is 2. The molecule has 6 heteroatoms. The van der Waals surface area contributed by atoms with E-state index in [9.17, 15) is 24.9 Å². The number of carbonyl (C=O) groups excluding carboxylic acids is 1. The molecule has 0 aromatic heterocycles. The number of hydrogen-bond acceptors (Lipinski definition) is 4. The van der Waals surface area contributed by atoms with Crippen molar-refractivity contribution in [1.29, 1.82) is 0 Å². The Hall–Kier alpha value is -1.40. The Morgan fingerprint density at radius 3 is 1.41 bits per heavy atom. The van der Waals surface area contributed by atoms with Crippen LogP contribution in [0.25, 0.3) is 0 Å². The maximum Gasteiger partial charge on any atom is 0.331 e. The molecule has 0 aliphatic heterocycles. The number of nitrogens with two attached hydrogens (primary N) is 1. The Kier molecular flexibility index (Phi) is 25.8. The van der Waals surface area contributed by atoms with E-state index in [0.717, 1.165) is 38.5 Å². The van der Waals surface area contributed by atoms with Crippen molar-refractivity contribution < 1.29 is 24.9 Å². The van der Waals surface area contributed by atoms with Crippen LogP contribution in [-0.2, 0) is 9.59 Å². The molecule has 0 bridgehead atoms. The van der Waals surface area contributed by atoms with Gasteiger partial charge in [0.05, 0.1) is 12.2 Å². The van der Waals surface area contributed by atoms with E-state index >= 15 is 0 Å². The van der Waals surface area contributed by atoms with Gasteiger partial charge in [-0.2, -0.15) is 0 Å². The van der Waals surface area contributed by atoms with Crippen LogP contribution in [-0.4, -0.2) is 39.4 Å². The lowest BCUT2D eigenvalue weighted by Crippen LogP contribution is -2.32. The van der Waals surface area contributed by atoms with Crippen LogP contribution in [0.4, 0.5) is 0 Å². The molecule has 1 unspecified atom stereocenters. The second-order valence-electron chi connectivity index (χ2n) is 11.8. The first kappa shape index (κ1) is 37.6. The van der Waals surface area contributed by atoms with Crippen LogP contribution in [0.1, 0.15) is 174 Å². The van der Waals surface area contributed by atoms with Crippen LogP contribution in [0.5, 0.6) is 0 Å². The Bertz CT molecular complexity index is 621. The van der Waals surface area contributed by atoms with Crippen molar-refractivity contribution >= 4 is 11.9 Å². The minimum Gasteiger partial charge on any atom is -0.478 e. The molecule has 5 N–H and O–H groups in total. The number of unbranched alkanes of at least 4 members (excludes halogenated alkanes) is 20. The van der Waals surface area contributed by atoms with Crippen LogP contribution in [0.2, 0.25) is 0 Å². The molecule has 0 aromatic rings. The van der Waals surface area contributed by atoms with Crippen LogP contribution in [0, 0.1) is 0 Å². The predicted octanol–water partition coefficient (Wildman–Crippen LogP) is 8.37. The number of primary amides is 1. The Morgan fingerprint density at radius 1 is 0.641 bits per heavy atom. The zero-order valence-electron chi connectivity index (χ0n) is 25.4. The molecule has 0 aromatic carbocycles. The van der Waals surface area contributed by atoms with E-state index in [1.807, 2.05) is 0 Å². The maximum atomic E-state index is 11.6. The summed E-state index contributed by atoms with van der Waals surface area (Å²) in [4.78, 5) is 22.3. The van der Waals surface area contributed by atoms with Gasteiger partial charge >= 0.3 is 5.97 Å². The molecule has 230 valence electrons. The van der Waals surface area contributed by atoms with E-state index in [1.165, 1.54) is 96.3 Å². The fourth-order valence-electron chi connectivity index (χ4n) is 5.18. The normalized spacial score (nSPS) is 13.5. The highest BCUT2D eigenvalue weighted by Crippen LogP contribution is 2.23. The third-order valence-electron chi connectivity index (χ3n) is 7.91. The van der Waals surface area contributed by atoms with E-state index in [0.29, 0.717) is 25.7 Å². The van der Waals surface area contributed by atoms with Crippen molar-refractivity contribution in [2.45, 2.75) is 179 Å². The molecule has 0 spiro atoms. The monoisotopic (exact) mass is 553 g/mol. The number of amides is 1. The summed E-state index contributed by atoms with van der Waals surface area (Å²) in [6.45, 7) is 1.91. The number of hydrogen-bond donors (Lipinski definition) is 4. The van der Waals surface area contributed by atoms with Crippen LogP contribution < -0.4 is 5.73 Å². The summed E-state index contributed by atoms with van der Waals surface area (Å²) >= 11 is 0. The van der Waals surface area contributed by atoms with Crippen molar-refractivity contribution in [2.24, 2.45) is 5.73 Å². The van der Waals surface area contributed by atoms with Crippen molar-refractivity contribution in [3.05, 3.63) is 11.6 Å². The standard InChI is InChI=1S/C33H63NO5/c1-2-3-4-5-6-7-8-9-10-11-12-13-14-15-16-17-20-23-27-33(39,29-35)28-26-30(32(37)38)24-21-18-19-22-25-31(34)36/h26,35,39H,2-25,27-29H2,1H3,(H2,34,36)(H,37,38)/b30-26+. The van der Waals surface area contributed by atoms with Gasteiger partial charge in [0.1, 0.15) is 0 Å². The van der Waals surface area contributed by atoms with Crippen LogP contribution in [0.3, 0.4) is 0 Å². The first-order valence-electron chi connectivity index (χ1n) is 16.4. The topological polar surface area (TPSA) is 121 Å². The SMILES string of the molecule is CCCCCCCCCCCCCCCCCCCCC(O)(CO)C/C=C(\CCCCCCC(N)=O)C(=O)O. The smallest absolute Gasteiger partial charge is 0.331 e. The molecule has 0 saturated carbocycles. The predicted molar refractivity (Wildman–Crippen MR) is 163 cm³/mol. The molecule has 1 atom stereocenters. The Morgan fingerprint density at radius 2 is 1.03 bits per heavy atom. The van der Waals surface area contributed by atoms with E-state index < -0.39 is 11.6 Å². The van der Waals surface area contributed by atoms with E-state index in [4.69, 9.17) is 5.73 Å². The van der Waals surface area contributed by atoms with E-state index in [-0.39, 0.29) is 24.5 Å². The van der Waals surface area contributed by atoms with Gasteiger partial charge in [-0.05, 0) is 32.1 Å². The van der Waals surface area contributed by atoms with Crippen molar-refractivity contribution in [3.8, 4) is 0 Å². The highest BCUT2D eigenvalue weighted by atomic mass is 16.4. The summed E-state index contributed by atoms with van der Waals surface area (Å²) in [6, 6.07) is 0. The lowest BCUT2D eigenvalue weighted by Gasteiger charge is -2.24. The molecule has 0 rings (SSSR count). The van der Waals surface area contributed by atoms with Gasteiger partial charge < -0.3 is 21.1 Å². The van der Waals surface area contributed by atoms with Gasteiger partial charge in [-0.1, -0.05) is 141 Å². The zero-order chi connectivity index (χ0) is 29.0. The number of aliphatic hydroxyl groups is 2. The number of rotatable bonds is 30. The first-order chi connectivity index (χ1) is 18.8. The molecule has 0 aliphatic rings. The van der Waals surface area contributed by atoms with Crippen molar-refractivity contribution in [3.63, 3.8) is 0 Å². The van der Waals surface area contributed by atoms with Gasteiger partial charge in [-0.25, -0.2) is 4.79 Å². The number of carboxylic acids is 1. The van der Waals surface area contributed by atoms with E-state index in [1.54, 1.807) is 6.08 Å². The summed E-state index contributed by atoms with van der Waals surface area (Å²) in [5.74, 6) is -1.28. The highest BCUT2D eigenvalue weighted by Gasteiger charge is 2.25. The van der Waals surface area contributed by atoms with Crippen molar-refractivity contribution in [1.82, 2.24) is 0 Å². The molecule has 6 nitrogen and oxygen atoms in total. The minimum atomic E-state index is -1.25. The average Bonchev–Trinajstić information content (AvgIpc) is 2.91. The second-order valence-corrected chi connectivity index (χ2v) is 11.8.